The summed E-state index contributed by atoms with van der Waals surface area (Å²) in [7, 11) is 0. The molecule has 0 atom stereocenters. The van der Waals surface area contributed by atoms with Gasteiger partial charge in [0.25, 0.3) is 0 Å². The molecule has 0 saturated carbocycles. The Hall–Kier alpha value is -3.16. The fourth-order valence-electron chi connectivity index (χ4n) is 2.80. The van der Waals surface area contributed by atoms with Gasteiger partial charge in [0, 0.05) is 44.6 Å². The Morgan fingerprint density at radius 1 is 0.960 bits per heavy atom. The van der Waals surface area contributed by atoms with E-state index in [4.69, 9.17) is 4.52 Å². The molecule has 128 valence electrons. The van der Waals surface area contributed by atoms with Crippen LogP contribution in [0, 0.1) is 6.92 Å². The summed E-state index contributed by atoms with van der Waals surface area (Å²) in [5.74, 6) is 3.82. The number of piperazine rings is 1. The summed E-state index contributed by atoms with van der Waals surface area (Å²) in [5.41, 5.74) is 0. The van der Waals surface area contributed by atoms with Gasteiger partial charge >= 0.3 is 0 Å². The maximum atomic E-state index is 5.06. The molecule has 0 aromatic carbocycles. The van der Waals surface area contributed by atoms with E-state index < -0.39 is 0 Å². The first-order chi connectivity index (χ1) is 12.3. The molecule has 1 fully saturated rings. The van der Waals surface area contributed by atoms with Crippen molar-refractivity contribution in [2.75, 3.05) is 41.3 Å². The van der Waals surface area contributed by atoms with Crippen molar-refractivity contribution in [1.82, 2.24) is 20.1 Å². The summed E-state index contributed by atoms with van der Waals surface area (Å²) >= 11 is 0. The molecule has 0 spiro atoms. The molecular formula is C17H19N7O. The van der Waals surface area contributed by atoms with Gasteiger partial charge in [0.05, 0.1) is 0 Å². The molecule has 0 bridgehead atoms. The highest BCUT2D eigenvalue weighted by Crippen LogP contribution is 2.19. The highest BCUT2D eigenvalue weighted by molar-refractivity contribution is 5.53. The molecule has 25 heavy (non-hydrogen) atoms. The second-order valence-corrected chi connectivity index (χ2v) is 5.85. The monoisotopic (exact) mass is 337 g/mol. The van der Waals surface area contributed by atoms with E-state index in [0.29, 0.717) is 17.6 Å². The van der Waals surface area contributed by atoms with Gasteiger partial charge in [0.2, 0.25) is 5.95 Å². The molecule has 8 nitrogen and oxygen atoms in total. The number of nitrogens with zero attached hydrogens (tertiary/aromatic N) is 6. The number of aryl methyl sites for hydroxylation is 1. The molecule has 0 amide bonds. The lowest BCUT2D eigenvalue weighted by atomic mass is 10.3. The third kappa shape index (κ3) is 3.52. The molecule has 0 unspecified atom stereocenters. The predicted octanol–water partition coefficient (Wildman–Crippen LogP) is 2.24. The molecule has 8 heteroatoms. The van der Waals surface area contributed by atoms with Crippen molar-refractivity contribution >= 4 is 23.4 Å². The molecule has 1 saturated heterocycles. The molecule has 1 aliphatic heterocycles. The van der Waals surface area contributed by atoms with Gasteiger partial charge in [-0.25, -0.2) is 9.97 Å². The van der Waals surface area contributed by atoms with Gasteiger partial charge in [-0.2, -0.15) is 4.98 Å². The summed E-state index contributed by atoms with van der Waals surface area (Å²) in [6, 6.07) is 9.63. The SMILES string of the molecule is Cc1cc(Nc2ccnc(N3CCN(c4ccccn4)CC3)n2)no1. The zero-order chi connectivity index (χ0) is 17.1. The minimum atomic E-state index is 0.641. The van der Waals surface area contributed by atoms with Gasteiger partial charge in [-0.05, 0) is 25.1 Å². The Kier molecular flexibility index (Phi) is 4.16. The molecule has 4 heterocycles. The number of hydrogen-bond acceptors (Lipinski definition) is 8. The first kappa shape index (κ1) is 15.4. The van der Waals surface area contributed by atoms with Gasteiger partial charge in [-0.15, -0.1) is 0 Å². The zero-order valence-electron chi connectivity index (χ0n) is 14.0. The number of anilines is 4. The lowest BCUT2D eigenvalue weighted by molar-refractivity contribution is 0.400. The third-order valence-electron chi connectivity index (χ3n) is 4.06. The van der Waals surface area contributed by atoms with Crippen molar-refractivity contribution in [2.45, 2.75) is 6.92 Å². The standard InChI is InChI=1S/C17H19N7O/c1-13-12-15(22-25-13)20-14-5-7-19-17(21-14)24-10-8-23(9-11-24)16-4-2-3-6-18-16/h2-7,12H,8-11H2,1H3,(H,19,20,21,22). The Morgan fingerprint density at radius 3 is 2.52 bits per heavy atom. The average molecular weight is 337 g/mol. The summed E-state index contributed by atoms with van der Waals surface area (Å²) in [6.07, 6.45) is 3.58. The van der Waals surface area contributed by atoms with Crippen LogP contribution >= 0.6 is 0 Å². The Balaban J connectivity index is 1.42. The van der Waals surface area contributed by atoms with Crippen LogP contribution in [0.5, 0.6) is 0 Å². The number of pyridine rings is 1. The van der Waals surface area contributed by atoms with Crippen LogP contribution in [0.2, 0.25) is 0 Å². The topological polar surface area (TPSA) is 83.2 Å². The highest BCUT2D eigenvalue weighted by Gasteiger charge is 2.20. The van der Waals surface area contributed by atoms with Crippen LogP contribution in [0.4, 0.5) is 23.4 Å². The zero-order valence-corrected chi connectivity index (χ0v) is 14.0. The number of hydrogen-bond donors (Lipinski definition) is 1. The lowest BCUT2D eigenvalue weighted by Crippen LogP contribution is -2.47. The smallest absolute Gasteiger partial charge is 0.227 e. The number of aromatic nitrogens is 4. The second-order valence-electron chi connectivity index (χ2n) is 5.85. The van der Waals surface area contributed by atoms with Crippen LogP contribution in [0.15, 0.2) is 47.2 Å². The first-order valence-corrected chi connectivity index (χ1v) is 8.22. The Labute approximate surface area is 145 Å². The van der Waals surface area contributed by atoms with Gasteiger partial charge < -0.3 is 19.6 Å². The van der Waals surface area contributed by atoms with E-state index in [1.54, 1.807) is 6.20 Å². The van der Waals surface area contributed by atoms with Crippen LogP contribution in [0.1, 0.15) is 5.76 Å². The maximum Gasteiger partial charge on any atom is 0.227 e. The summed E-state index contributed by atoms with van der Waals surface area (Å²) in [6.45, 7) is 5.33. The van der Waals surface area contributed by atoms with Crippen LogP contribution in [0.3, 0.4) is 0 Å². The Bertz CT molecular complexity index is 828. The van der Waals surface area contributed by atoms with Crippen LogP contribution in [-0.2, 0) is 0 Å². The van der Waals surface area contributed by atoms with E-state index in [9.17, 15) is 0 Å². The first-order valence-electron chi connectivity index (χ1n) is 8.22. The van der Waals surface area contributed by atoms with Crippen LogP contribution in [-0.4, -0.2) is 46.3 Å². The molecule has 3 aromatic heterocycles. The third-order valence-corrected chi connectivity index (χ3v) is 4.06. The molecule has 0 radical (unpaired) electrons. The molecule has 0 aliphatic carbocycles. The van der Waals surface area contributed by atoms with Crippen molar-refractivity contribution in [3.8, 4) is 0 Å². The van der Waals surface area contributed by atoms with E-state index in [1.807, 2.05) is 43.5 Å². The van der Waals surface area contributed by atoms with Gasteiger partial charge in [-0.3, -0.25) is 0 Å². The predicted molar refractivity (Wildman–Crippen MR) is 95.2 cm³/mol. The van der Waals surface area contributed by atoms with Gasteiger partial charge in [-0.1, -0.05) is 11.2 Å². The summed E-state index contributed by atoms with van der Waals surface area (Å²) < 4.78 is 5.06. The van der Waals surface area contributed by atoms with Crippen molar-refractivity contribution in [1.29, 1.82) is 0 Å². The van der Waals surface area contributed by atoms with E-state index in [1.165, 1.54) is 0 Å². The van der Waals surface area contributed by atoms with E-state index >= 15 is 0 Å². The maximum absolute atomic E-state index is 5.06. The van der Waals surface area contributed by atoms with Gasteiger partial charge in [0.1, 0.15) is 17.4 Å². The quantitative estimate of drug-likeness (QED) is 0.776. The number of nitrogens with one attached hydrogen (secondary N) is 1. The van der Waals surface area contributed by atoms with Crippen LogP contribution < -0.4 is 15.1 Å². The summed E-state index contributed by atoms with van der Waals surface area (Å²) in [5, 5.41) is 7.06. The normalized spacial score (nSPS) is 14.6. The minimum Gasteiger partial charge on any atom is -0.360 e. The van der Waals surface area contributed by atoms with Crippen molar-refractivity contribution in [3.05, 3.63) is 48.5 Å². The van der Waals surface area contributed by atoms with Gasteiger partial charge in [0.15, 0.2) is 5.82 Å². The van der Waals surface area contributed by atoms with E-state index in [-0.39, 0.29) is 0 Å². The largest absolute Gasteiger partial charge is 0.360 e. The molecule has 1 aliphatic rings. The van der Waals surface area contributed by atoms with Crippen molar-refractivity contribution < 1.29 is 4.52 Å². The summed E-state index contributed by atoms with van der Waals surface area (Å²) in [4.78, 5) is 17.9. The van der Waals surface area contributed by atoms with Crippen molar-refractivity contribution in [2.24, 2.45) is 0 Å². The van der Waals surface area contributed by atoms with E-state index in [2.05, 4.69) is 35.2 Å². The fraction of sp³-hybridized carbons (Fsp3) is 0.294. The highest BCUT2D eigenvalue weighted by atomic mass is 16.5. The second kappa shape index (κ2) is 6.76. The minimum absolute atomic E-state index is 0.641. The average Bonchev–Trinajstić information content (AvgIpc) is 3.07. The van der Waals surface area contributed by atoms with Crippen LogP contribution in [0.25, 0.3) is 0 Å². The molecule has 1 N–H and O–H groups in total. The Morgan fingerprint density at radius 2 is 1.80 bits per heavy atom. The molecular weight excluding hydrogens is 318 g/mol. The van der Waals surface area contributed by atoms with Crippen molar-refractivity contribution in [3.63, 3.8) is 0 Å². The van der Waals surface area contributed by atoms with E-state index in [0.717, 1.165) is 37.8 Å². The molecule has 4 rings (SSSR count). The lowest BCUT2D eigenvalue weighted by Gasteiger charge is -2.35. The molecule has 3 aromatic rings. The number of rotatable bonds is 4. The fourth-order valence-corrected chi connectivity index (χ4v) is 2.80.